The molecule has 6 heteroatoms. The maximum atomic E-state index is 5.95. The van der Waals surface area contributed by atoms with Crippen molar-refractivity contribution >= 4 is 5.96 Å². The highest BCUT2D eigenvalue weighted by atomic mass is 16.5. The summed E-state index contributed by atoms with van der Waals surface area (Å²) in [6, 6.07) is 4.01. The van der Waals surface area contributed by atoms with E-state index in [4.69, 9.17) is 9.47 Å². The Bertz CT molecular complexity index is 484. The van der Waals surface area contributed by atoms with Crippen molar-refractivity contribution in [1.29, 1.82) is 0 Å². The molecule has 0 amide bonds. The third kappa shape index (κ3) is 6.74. The second-order valence-corrected chi connectivity index (χ2v) is 6.08. The summed E-state index contributed by atoms with van der Waals surface area (Å²) in [5.41, 5.74) is 1.10. The van der Waals surface area contributed by atoms with Crippen molar-refractivity contribution in [3.8, 4) is 5.88 Å². The van der Waals surface area contributed by atoms with Gasteiger partial charge in [0.25, 0.3) is 0 Å². The van der Waals surface area contributed by atoms with Crippen LogP contribution in [0.1, 0.15) is 44.1 Å². The summed E-state index contributed by atoms with van der Waals surface area (Å²) in [7, 11) is 3.48. The molecule has 2 rings (SSSR count). The van der Waals surface area contributed by atoms with Crippen LogP contribution in [0.15, 0.2) is 23.3 Å². The van der Waals surface area contributed by atoms with Gasteiger partial charge in [-0.2, -0.15) is 0 Å². The Kier molecular flexibility index (Phi) is 8.38. The van der Waals surface area contributed by atoms with E-state index in [1.54, 1.807) is 14.2 Å². The first-order chi connectivity index (χ1) is 11.8. The summed E-state index contributed by atoms with van der Waals surface area (Å²) >= 11 is 0. The molecule has 2 N–H and O–H groups in total. The Labute approximate surface area is 145 Å². The van der Waals surface area contributed by atoms with E-state index in [9.17, 15) is 0 Å². The Morgan fingerprint density at radius 2 is 2.08 bits per heavy atom. The van der Waals surface area contributed by atoms with Crippen LogP contribution >= 0.6 is 0 Å². The van der Waals surface area contributed by atoms with Gasteiger partial charge in [-0.25, -0.2) is 4.98 Å². The molecule has 134 valence electrons. The molecule has 1 aliphatic carbocycles. The zero-order valence-corrected chi connectivity index (χ0v) is 14.9. The van der Waals surface area contributed by atoms with E-state index in [1.807, 2.05) is 12.3 Å². The SMILES string of the molecule is CN=C(NCCCOC)NCc1ccc(OC2CCCCC2)nc1. The second-order valence-electron chi connectivity index (χ2n) is 6.08. The summed E-state index contributed by atoms with van der Waals surface area (Å²) in [6.45, 7) is 2.26. The van der Waals surface area contributed by atoms with E-state index in [1.165, 1.54) is 19.3 Å². The van der Waals surface area contributed by atoms with Crippen LogP contribution in [0.4, 0.5) is 0 Å². The predicted octanol–water partition coefficient (Wildman–Crippen LogP) is 2.49. The van der Waals surface area contributed by atoms with E-state index in [2.05, 4.69) is 26.7 Å². The van der Waals surface area contributed by atoms with Crippen LogP contribution in [-0.2, 0) is 11.3 Å². The van der Waals surface area contributed by atoms with Crippen LogP contribution in [0.2, 0.25) is 0 Å². The quantitative estimate of drug-likeness (QED) is 0.434. The van der Waals surface area contributed by atoms with Crippen molar-refractivity contribution in [3.63, 3.8) is 0 Å². The molecule has 1 aromatic rings. The number of ether oxygens (including phenoxy) is 2. The van der Waals surface area contributed by atoms with Crippen LogP contribution < -0.4 is 15.4 Å². The van der Waals surface area contributed by atoms with Crippen molar-refractivity contribution in [1.82, 2.24) is 15.6 Å². The monoisotopic (exact) mass is 334 g/mol. The van der Waals surface area contributed by atoms with E-state index >= 15 is 0 Å². The molecule has 0 radical (unpaired) electrons. The Morgan fingerprint density at radius 3 is 2.75 bits per heavy atom. The lowest BCUT2D eigenvalue weighted by Gasteiger charge is -2.22. The number of nitrogens with zero attached hydrogens (tertiary/aromatic N) is 2. The average molecular weight is 334 g/mol. The highest BCUT2D eigenvalue weighted by Crippen LogP contribution is 2.22. The van der Waals surface area contributed by atoms with Crippen molar-refractivity contribution in [3.05, 3.63) is 23.9 Å². The summed E-state index contributed by atoms with van der Waals surface area (Å²) < 4.78 is 11.0. The fourth-order valence-electron chi connectivity index (χ4n) is 2.77. The minimum Gasteiger partial charge on any atom is -0.474 e. The molecule has 1 aromatic heterocycles. The molecule has 1 heterocycles. The number of methoxy groups -OCH3 is 1. The maximum absolute atomic E-state index is 5.95. The molecule has 0 bridgehead atoms. The molecule has 0 unspecified atom stereocenters. The van der Waals surface area contributed by atoms with Gasteiger partial charge in [-0.1, -0.05) is 12.5 Å². The van der Waals surface area contributed by atoms with E-state index in [0.29, 0.717) is 12.6 Å². The second kappa shape index (κ2) is 10.9. The molecule has 0 saturated heterocycles. The molecule has 1 saturated carbocycles. The van der Waals surface area contributed by atoms with Gasteiger partial charge in [0.2, 0.25) is 5.88 Å². The molecule has 0 spiro atoms. The minimum absolute atomic E-state index is 0.338. The Balaban J connectivity index is 1.72. The average Bonchev–Trinajstić information content (AvgIpc) is 2.63. The lowest BCUT2D eigenvalue weighted by Crippen LogP contribution is -2.37. The molecule has 0 aliphatic heterocycles. The van der Waals surface area contributed by atoms with Crippen LogP contribution in [0, 0.1) is 0 Å². The number of nitrogens with one attached hydrogen (secondary N) is 2. The first-order valence-electron chi connectivity index (χ1n) is 8.87. The van der Waals surface area contributed by atoms with Gasteiger partial charge in [-0.3, -0.25) is 4.99 Å². The maximum Gasteiger partial charge on any atom is 0.213 e. The fraction of sp³-hybridized carbons (Fsp3) is 0.667. The molecular weight excluding hydrogens is 304 g/mol. The zero-order valence-electron chi connectivity index (χ0n) is 14.9. The van der Waals surface area contributed by atoms with Crippen molar-refractivity contribution < 1.29 is 9.47 Å². The van der Waals surface area contributed by atoms with E-state index in [-0.39, 0.29) is 0 Å². The third-order valence-corrected chi connectivity index (χ3v) is 4.14. The van der Waals surface area contributed by atoms with Crippen LogP contribution in [0.5, 0.6) is 5.88 Å². The van der Waals surface area contributed by atoms with Gasteiger partial charge in [0.15, 0.2) is 5.96 Å². The number of aliphatic imine (C=N–C) groups is 1. The fourth-order valence-corrected chi connectivity index (χ4v) is 2.77. The predicted molar refractivity (Wildman–Crippen MR) is 96.4 cm³/mol. The van der Waals surface area contributed by atoms with Crippen molar-refractivity contribution in [2.75, 3.05) is 27.3 Å². The normalized spacial score (nSPS) is 16.0. The molecular formula is C18H30N4O2. The highest BCUT2D eigenvalue weighted by molar-refractivity contribution is 5.79. The van der Waals surface area contributed by atoms with E-state index < -0.39 is 0 Å². The standard InChI is InChI=1S/C18H30N4O2/c1-19-18(20-11-6-12-23-2)22-14-15-9-10-17(21-13-15)24-16-7-4-3-5-8-16/h9-10,13,16H,3-8,11-12,14H2,1-2H3,(H2,19,20,22). The minimum atomic E-state index is 0.338. The summed E-state index contributed by atoms with van der Waals surface area (Å²) in [5.74, 6) is 1.52. The molecule has 0 atom stereocenters. The number of hydrogen-bond acceptors (Lipinski definition) is 4. The van der Waals surface area contributed by atoms with Crippen molar-refractivity contribution in [2.45, 2.75) is 51.2 Å². The van der Waals surface area contributed by atoms with Crippen LogP contribution in [0.3, 0.4) is 0 Å². The first-order valence-corrected chi connectivity index (χ1v) is 8.87. The number of aromatic nitrogens is 1. The van der Waals surface area contributed by atoms with Gasteiger partial charge >= 0.3 is 0 Å². The lowest BCUT2D eigenvalue weighted by atomic mass is 9.98. The number of pyridine rings is 1. The Morgan fingerprint density at radius 1 is 1.25 bits per heavy atom. The smallest absolute Gasteiger partial charge is 0.213 e. The van der Waals surface area contributed by atoms with Crippen molar-refractivity contribution in [2.24, 2.45) is 4.99 Å². The summed E-state index contributed by atoms with van der Waals surface area (Å²) in [4.78, 5) is 8.63. The molecule has 1 fully saturated rings. The molecule has 1 aliphatic rings. The largest absolute Gasteiger partial charge is 0.474 e. The van der Waals surface area contributed by atoms with Gasteiger partial charge in [-0.05, 0) is 37.7 Å². The van der Waals surface area contributed by atoms with Gasteiger partial charge < -0.3 is 20.1 Å². The zero-order chi connectivity index (χ0) is 17.0. The van der Waals surface area contributed by atoms with Gasteiger partial charge in [-0.15, -0.1) is 0 Å². The molecule has 0 aromatic carbocycles. The van der Waals surface area contributed by atoms with Gasteiger partial charge in [0.1, 0.15) is 6.10 Å². The van der Waals surface area contributed by atoms with Crippen LogP contribution in [-0.4, -0.2) is 44.4 Å². The van der Waals surface area contributed by atoms with Gasteiger partial charge in [0.05, 0.1) is 0 Å². The third-order valence-electron chi connectivity index (χ3n) is 4.14. The highest BCUT2D eigenvalue weighted by Gasteiger charge is 2.15. The topological polar surface area (TPSA) is 67.8 Å². The van der Waals surface area contributed by atoms with E-state index in [0.717, 1.165) is 49.8 Å². The lowest BCUT2D eigenvalue weighted by molar-refractivity contribution is 0.148. The van der Waals surface area contributed by atoms with Gasteiger partial charge in [0, 0.05) is 46.1 Å². The number of rotatable bonds is 8. The molecule has 6 nitrogen and oxygen atoms in total. The summed E-state index contributed by atoms with van der Waals surface area (Å²) in [5, 5.41) is 6.53. The number of guanidine groups is 1. The molecule has 24 heavy (non-hydrogen) atoms. The van der Waals surface area contributed by atoms with Crippen LogP contribution in [0.25, 0.3) is 0 Å². The number of hydrogen-bond donors (Lipinski definition) is 2. The summed E-state index contributed by atoms with van der Waals surface area (Å²) in [6.07, 6.45) is 9.32. The first kappa shape index (κ1) is 18.5. The Hall–Kier alpha value is -1.82.